The Bertz CT molecular complexity index is 681. The van der Waals surface area contributed by atoms with Crippen molar-refractivity contribution in [1.29, 1.82) is 0 Å². The van der Waals surface area contributed by atoms with Crippen molar-refractivity contribution < 1.29 is 9.90 Å². The Morgan fingerprint density at radius 3 is 2.83 bits per heavy atom. The fourth-order valence-electron chi connectivity index (χ4n) is 2.94. The highest BCUT2D eigenvalue weighted by atomic mass is 79.9. The van der Waals surface area contributed by atoms with Gasteiger partial charge in [0.05, 0.1) is 11.6 Å². The Hall–Kier alpha value is -1.24. The lowest BCUT2D eigenvalue weighted by Gasteiger charge is -2.26. The maximum absolute atomic E-state index is 11.0. The molecule has 1 aromatic heterocycles. The number of rotatable bonds is 5. The fraction of sp³-hybridized carbons (Fsp3) is 0.412. The van der Waals surface area contributed by atoms with E-state index >= 15 is 0 Å². The molecule has 2 N–H and O–H groups in total. The van der Waals surface area contributed by atoms with Gasteiger partial charge in [-0.1, -0.05) is 28.1 Å². The molecule has 23 heavy (non-hydrogen) atoms. The summed E-state index contributed by atoms with van der Waals surface area (Å²) in [7, 11) is 0. The van der Waals surface area contributed by atoms with E-state index in [0.717, 1.165) is 53.0 Å². The average Bonchev–Trinajstić information content (AvgIpc) is 3.02. The monoisotopic (exact) mass is 394 g/mol. The maximum atomic E-state index is 11.0. The molecule has 0 atom stereocenters. The fourth-order valence-corrected chi connectivity index (χ4v) is 4.15. The van der Waals surface area contributed by atoms with Crippen LogP contribution in [-0.2, 0) is 11.3 Å². The van der Waals surface area contributed by atoms with Gasteiger partial charge in [-0.3, -0.25) is 4.79 Å². The van der Waals surface area contributed by atoms with Gasteiger partial charge in [-0.05, 0) is 37.8 Å². The topological polar surface area (TPSA) is 62.2 Å². The van der Waals surface area contributed by atoms with Crippen molar-refractivity contribution in [2.24, 2.45) is 5.92 Å². The Morgan fingerprint density at radius 1 is 1.35 bits per heavy atom. The Kier molecular flexibility index (Phi) is 5.46. The van der Waals surface area contributed by atoms with Crippen LogP contribution in [0.15, 0.2) is 34.1 Å². The lowest BCUT2D eigenvalue weighted by atomic mass is 9.86. The normalized spacial score (nSPS) is 21.3. The quantitative estimate of drug-likeness (QED) is 0.792. The number of aromatic nitrogens is 1. The van der Waals surface area contributed by atoms with Crippen LogP contribution >= 0.6 is 27.3 Å². The van der Waals surface area contributed by atoms with E-state index in [1.807, 2.05) is 12.1 Å². The van der Waals surface area contributed by atoms with Crippen LogP contribution in [0.5, 0.6) is 0 Å². The average molecular weight is 395 g/mol. The number of thiazole rings is 1. The van der Waals surface area contributed by atoms with E-state index < -0.39 is 5.97 Å². The second-order valence-corrected chi connectivity index (χ2v) is 7.70. The first-order valence-electron chi connectivity index (χ1n) is 7.78. The molecule has 0 radical (unpaired) electrons. The number of carboxylic acid groups (broad SMARTS) is 1. The van der Waals surface area contributed by atoms with Gasteiger partial charge in [-0.25, -0.2) is 4.98 Å². The van der Waals surface area contributed by atoms with E-state index in [2.05, 4.69) is 38.8 Å². The third kappa shape index (κ3) is 4.40. The third-order valence-corrected chi connectivity index (χ3v) is 5.71. The standard InChI is InChI=1S/C17H19BrN2O2S/c18-13-3-1-2-12(8-13)16-20-15(10-23-16)9-19-14-6-4-11(5-7-14)17(21)22/h1-3,8,10-11,14,19H,4-7,9H2,(H,21,22). The first-order chi connectivity index (χ1) is 11.1. The molecule has 0 bridgehead atoms. The maximum Gasteiger partial charge on any atom is 0.306 e. The van der Waals surface area contributed by atoms with Crippen molar-refractivity contribution >= 4 is 33.2 Å². The third-order valence-electron chi connectivity index (χ3n) is 4.27. The minimum atomic E-state index is -0.651. The number of hydrogen-bond donors (Lipinski definition) is 2. The molecule has 2 aromatic rings. The van der Waals surface area contributed by atoms with E-state index in [1.54, 1.807) is 11.3 Å². The van der Waals surface area contributed by atoms with Crippen molar-refractivity contribution in [3.63, 3.8) is 0 Å². The molecule has 0 unspecified atom stereocenters. The zero-order valence-electron chi connectivity index (χ0n) is 12.7. The van der Waals surface area contributed by atoms with Crippen molar-refractivity contribution in [3.8, 4) is 10.6 Å². The molecule has 1 aliphatic carbocycles. The van der Waals surface area contributed by atoms with Gasteiger partial charge >= 0.3 is 5.97 Å². The number of carboxylic acids is 1. The summed E-state index contributed by atoms with van der Waals surface area (Å²) in [5.41, 5.74) is 2.17. The van der Waals surface area contributed by atoms with Crippen LogP contribution in [0.3, 0.4) is 0 Å². The molecule has 3 rings (SSSR count). The second-order valence-electron chi connectivity index (χ2n) is 5.92. The number of carbonyl (C=O) groups is 1. The molecule has 0 saturated heterocycles. The highest BCUT2D eigenvalue weighted by Crippen LogP contribution is 2.27. The second kappa shape index (κ2) is 7.55. The van der Waals surface area contributed by atoms with Gasteiger partial charge in [0.2, 0.25) is 0 Å². The lowest BCUT2D eigenvalue weighted by molar-refractivity contribution is -0.142. The smallest absolute Gasteiger partial charge is 0.306 e. The van der Waals surface area contributed by atoms with E-state index in [4.69, 9.17) is 10.1 Å². The highest BCUT2D eigenvalue weighted by molar-refractivity contribution is 9.10. The molecule has 1 aromatic carbocycles. The Morgan fingerprint density at radius 2 is 2.13 bits per heavy atom. The van der Waals surface area contributed by atoms with Crippen molar-refractivity contribution in [1.82, 2.24) is 10.3 Å². The molecule has 122 valence electrons. The molecule has 1 saturated carbocycles. The first-order valence-corrected chi connectivity index (χ1v) is 9.45. The zero-order valence-corrected chi connectivity index (χ0v) is 15.1. The summed E-state index contributed by atoms with van der Waals surface area (Å²) in [5.74, 6) is -0.808. The van der Waals surface area contributed by atoms with Crippen LogP contribution in [0.1, 0.15) is 31.4 Å². The molecular weight excluding hydrogens is 376 g/mol. The van der Waals surface area contributed by atoms with Gasteiger partial charge in [-0.2, -0.15) is 0 Å². The van der Waals surface area contributed by atoms with E-state index in [-0.39, 0.29) is 5.92 Å². The lowest BCUT2D eigenvalue weighted by Crippen LogP contribution is -2.34. The highest BCUT2D eigenvalue weighted by Gasteiger charge is 2.25. The molecule has 1 heterocycles. The van der Waals surface area contributed by atoms with Gasteiger partial charge < -0.3 is 10.4 Å². The van der Waals surface area contributed by atoms with Crippen molar-refractivity contribution in [2.45, 2.75) is 38.3 Å². The van der Waals surface area contributed by atoms with Crippen LogP contribution in [0, 0.1) is 5.92 Å². The van der Waals surface area contributed by atoms with Gasteiger partial charge in [0.25, 0.3) is 0 Å². The summed E-state index contributed by atoms with van der Waals surface area (Å²) < 4.78 is 1.06. The predicted octanol–water partition coefficient (Wildman–Crippen LogP) is 4.31. The minimum Gasteiger partial charge on any atom is -0.481 e. The number of nitrogens with one attached hydrogen (secondary N) is 1. The Labute approximate surface area is 148 Å². The number of hydrogen-bond acceptors (Lipinski definition) is 4. The van der Waals surface area contributed by atoms with Crippen LogP contribution < -0.4 is 5.32 Å². The van der Waals surface area contributed by atoms with Crippen molar-refractivity contribution in [2.75, 3.05) is 0 Å². The molecule has 6 heteroatoms. The molecule has 1 fully saturated rings. The van der Waals surface area contributed by atoms with E-state index in [0.29, 0.717) is 6.04 Å². The summed E-state index contributed by atoms with van der Waals surface area (Å²) in [6, 6.07) is 8.56. The summed E-state index contributed by atoms with van der Waals surface area (Å²) in [5, 5.41) is 15.7. The summed E-state index contributed by atoms with van der Waals surface area (Å²) in [6.45, 7) is 0.743. The van der Waals surface area contributed by atoms with Crippen LogP contribution in [-0.4, -0.2) is 22.1 Å². The SMILES string of the molecule is O=C(O)C1CCC(NCc2csc(-c3cccc(Br)c3)n2)CC1. The zero-order chi connectivity index (χ0) is 16.2. The number of halogens is 1. The van der Waals surface area contributed by atoms with E-state index in [9.17, 15) is 4.79 Å². The van der Waals surface area contributed by atoms with Gasteiger partial charge in [0.1, 0.15) is 5.01 Å². The van der Waals surface area contributed by atoms with Gasteiger partial charge in [-0.15, -0.1) is 11.3 Å². The van der Waals surface area contributed by atoms with Crippen LogP contribution in [0.4, 0.5) is 0 Å². The predicted molar refractivity (Wildman–Crippen MR) is 95.5 cm³/mol. The van der Waals surface area contributed by atoms with Gasteiger partial charge in [0.15, 0.2) is 0 Å². The molecule has 4 nitrogen and oxygen atoms in total. The molecule has 0 amide bonds. The van der Waals surface area contributed by atoms with Crippen molar-refractivity contribution in [3.05, 3.63) is 39.8 Å². The number of nitrogens with zero attached hydrogens (tertiary/aromatic N) is 1. The first kappa shape index (κ1) is 16.6. The molecular formula is C17H19BrN2O2S. The number of aliphatic carboxylic acids is 1. The van der Waals surface area contributed by atoms with Crippen LogP contribution in [0.2, 0.25) is 0 Å². The summed E-state index contributed by atoms with van der Waals surface area (Å²) in [4.78, 5) is 15.7. The molecule has 0 spiro atoms. The molecule has 1 aliphatic rings. The molecule has 0 aliphatic heterocycles. The van der Waals surface area contributed by atoms with Gasteiger partial charge in [0, 0.05) is 28.0 Å². The van der Waals surface area contributed by atoms with Crippen LogP contribution in [0.25, 0.3) is 10.6 Å². The summed E-state index contributed by atoms with van der Waals surface area (Å²) >= 11 is 5.14. The van der Waals surface area contributed by atoms with E-state index in [1.165, 1.54) is 0 Å². The number of benzene rings is 1. The minimum absolute atomic E-state index is 0.157. The Balaban J connectivity index is 1.53. The largest absolute Gasteiger partial charge is 0.481 e. The summed E-state index contributed by atoms with van der Waals surface area (Å²) in [6.07, 6.45) is 3.40.